The molecule has 0 fully saturated rings. The fraction of sp³-hybridized carbons (Fsp3) is 0.278. The summed E-state index contributed by atoms with van der Waals surface area (Å²) in [6, 6.07) is 9.33. The van der Waals surface area contributed by atoms with Crippen LogP contribution in [0.4, 0.5) is 5.69 Å². The number of hydrogen-bond acceptors (Lipinski definition) is 5. The maximum atomic E-state index is 12.6. The lowest BCUT2D eigenvalue weighted by molar-refractivity contribution is -0.120. The van der Waals surface area contributed by atoms with Crippen LogP contribution >= 0.6 is 11.3 Å². The number of thiazole rings is 1. The smallest absolute Gasteiger partial charge is 0.241 e. The molecule has 0 aliphatic carbocycles. The topological polar surface area (TPSA) is 58.1 Å². The van der Waals surface area contributed by atoms with Crippen molar-refractivity contribution in [3.8, 4) is 0 Å². The number of likely N-dealkylation sites (N-methyl/N-ethyl adjacent to an activating group) is 1. The molecule has 2 aromatic heterocycles. The first-order valence-electron chi connectivity index (χ1n) is 7.81. The Morgan fingerprint density at radius 3 is 2.88 bits per heavy atom. The van der Waals surface area contributed by atoms with E-state index in [1.165, 1.54) is 0 Å². The number of rotatable bonds is 5. The van der Waals surface area contributed by atoms with Crippen LogP contribution in [0.3, 0.4) is 0 Å². The Bertz CT molecular complexity index is 856. The molecule has 0 bridgehead atoms. The highest BCUT2D eigenvalue weighted by atomic mass is 32.1. The van der Waals surface area contributed by atoms with Crippen LogP contribution in [0.15, 0.2) is 42.7 Å². The van der Waals surface area contributed by atoms with E-state index < -0.39 is 0 Å². The maximum absolute atomic E-state index is 12.6. The van der Waals surface area contributed by atoms with Gasteiger partial charge in [-0.2, -0.15) is 0 Å². The molecular weight excluding hydrogens is 320 g/mol. The lowest BCUT2D eigenvalue weighted by atomic mass is 10.1. The molecule has 6 heteroatoms. The Morgan fingerprint density at radius 1 is 1.29 bits per heavy atom. The molecule has 24 heavy (non-hydrogen) atoms. The highest BCUT2D eigenvalue weighted by Crippen LogP contribution is 2.22. The zero-order valence-corrected chi connectivity index (χ0v) is 14.8. The molecule has 0 aliphatic heterocycles. The second kappa shape index (κ2) is 7.07. The number of nitrogens with one attached hydrogen (secondary N) is 1. The first-order valence-corrected chi connectivity index (χ1v) is 8.62. The molecule has 0 saturated carbocycles. The van der Waals surface area contributed by atoms with Crippen molar-refractivity contribution < 1.29 is 4.79 Å². The molecule has 2 heterocycles. The van der Waals surface area contributed by atoms with Crippen LogP contribution in [0.1, 0.15) is 16.8 Å². The van der Waals surface area contributed by atoms with Crippen molar-refractivity contribution in [2.75, 3.05) is 12.4 Å². The molecular formula is C18H20N4OS. The number of nitrogens with zero attached hydrogens (tertiary/aromatic N) is 3. The van der Waals surface area contributed by atoms with Crippen molar-refractivity contribution in [2.45, 2.75) is 26.4 Å². The van der Waals surface area contributed by atoms with E-state index >= 15 is 0 Å². The normalized spacial score (nSPS) is 12.5. The average molecular weight is 340 g/mol. The SMILES string of the molecule is Cc1ncc(CN(C)[C@@H](C)C(=O)Nc2cccc3ncccc23)s1. The molecule has 1 N–H and O–H groups in total. The highest BCUT2D eigenvalue weighted by molar-refractivity contribution is 7.11. The van der Waals surface area contributed by atoms with Crippen molar-refractivity contribution in [2.24, 2.45) is 0 Å². The summed E-state index contributed by atoms with van der Waals surface area (Å²) in [5.41, 5.74) is 1.66. The van der Waals surface area contributed by atoms with E-state index in [4.69, 9.17) is 0 Å². The van der Waals surface area contributed by atoms with Crippen molar-refractivity contribution in [3.63, 3.8) is 0 Å². The van der Waals surface area contributed by atoms with Gasteiger partial charge < -0.3 is 5.32 Å². The van der Waals surface area contributed by atoms with Gasteiger partial charge in [-0.25, -0.2) is 4.98 Å². The van der Waals surface area contributed by atoms with Crippen LogP contribution in [0, 0.1) is 6.92 Å². The van der Waals surface area contributed by atoms with Crippen molar-refractivity contribution in [1.29, 1.82) is 0 Å². The van der Waals surface area contributed by atoms with Crippen molar-refractivity contribution in [3.05, 3.63) is 52.6 Å². The number of anilines is 1. The Labute approximate surface area is 145 Å². The first kappa shape index (κ1) is 16.5. The number of hydrogen-bond donors (Lipinski definition) is 1. The van der Waals surface area contributed by atoms with E-state index in [1.807, 2.05) is 62.3 Å². The molecule has 1 aromatic carbocycles. The molecule has 0 unspecified atom stereocenters. The Hall–Kier alpha value is -2.31. The lowest BCUT2D eigenvalue weighted by Gasteiger charge is -2.23. The van der Waals surface area contributed by atoms with Gasteiger partial charge in [-0.05, 0) is 45.2 Å². The monoisotopic (exact) mass is 340 g/mol. The predicted molar refractivity (Wildman–Crippen MR) is 98.2 cm³/mol. The number of carbonyl (C=O) groups is 1. The van der Waals surface area contributed by atoms with Crippen LogP contribution in [0.25, 0.3) is 10.9 Å². The summed E-state index contributed by atoms with van der Waals surface area (Å²) in [4.78, 5) is 24.4. The summed E-state index contributed by atoms with van der Waals surface area (Å²) < 4.78 is 0. The van der Waals surface area contributed by atoms with Gasteiger partial charge in [0.15, 0.2) is 0 Å². The van der Waals surface area contributed by atoms with Crippen LogP contribution in [-0.4, -0.2) is 33.9 Å². The third-order valence-electron chi connectivity index (χ3n) is 4.02. The molecule has 1 atom stereocenters. The third-order valence-corrected chi connectivity index (χ3v) is 4.92. The van der Waals surface area contributed by atoms with E-state index in [9.17, 15) is 4.79 Å². The van der Waals surface area contributed by atoms with Gasteiger partial charge in [0.1, 0.15) is 0 Å². The minimum absolute atomic E-state index is 0.0323. The molecule has 124 valence electrons. The van der Waals surface area contributed by atoms with Gasteiger partial charge in [0.2, 0.25) is 5.91 Å². The number of benzene rings is 1. The first-order chi connectivity index (χ1) is 11.5. The molecule has 5 nitrogen and oxygen atoms in total. The number of aromatic nitrogens is 2. The standard InChI is InChI=1S/C18H20N4OS/c1-12(22(3)11-14-10-20-13(2)24-14)18(23)21-17-8-4-7-16-15(17)6-5-9-19-16/h4-10,12H,11H2,1-3H3,(H,21,23)/t12-/m0/s1. The molecule has 3 rings (SSSR count). The number of aryl methyl sites for hydroxylation is 1. The number of fused-ring (bicyclic) bond motifs is 1. The molecule has 0 aliphatic rings. The van der Waals surface area contributed by atoms with Crippen molar-refractivity contribution >= 4 is 33.8 Å². The largest absolute Gasteiger partial charge is 0.324 e. The molecule has 3 aromatic rings. The minimum Gasteiger partial charge on any atom is -0.324 e. The van der Waals surface area contributed by atoms with Gasteiger partial charge >= 0.3 is 0 Å². The fourth-order valence-corrected chi connectivity index (χ4v) is 3.37. The van der Waals surface area contributed by atoms with Crippen LogP contribution in [0.5, 0.6) is 0 Å². The van der Waals surface area contributed by atoms with Gasteiger partial charge in [0.25, 0.3) is 0 Å². The second-order valence-electron chi connectivity index (χ2n) is 5.80. The fourth-order valence-electron chi connectivity index (χ4n) is 2.51. The molecule has 0 spiro atoms. The number of pyridine rings is 1. The zero-order chi connectivity index (χ0) is 17.1. The van der Waals surface area contributed by atoms with E-state index in [1.54, 1.807) is 17.5 Å². The zero-order valence-electron chi connectivity index (χ0n) is 14.0. The highest BCUT2D eigenvalue weighted by Gasteiger charge is 2.19. The quantitative estimate of drug-likeness (QED) is 0.773. The van der Waals surface area contributed by atoms with Crippen LogP contribution < -0.4 is 5.32 Å². The third kappa shape index (κ3) is 3.60. The second-order valence-corrected chi connectivity index (χ2v) is 7.12. The van der Waals surface area contributed by atoms with E-state index in [-0.39, 0.29) is 11.9 Å². The Morgan fingerprint density at radius 2 is 2.12 bits per heavy atom. The van der Waals surface area contributed by atoms with E-state index in [0.717, 1.165) is 26.5 Å². The predicted octanol–water partition coefficient (Wildman–Crippen LogP) is 3.46. The number of carbonyl (C=O) groups excluding carboxylic acids is 1. The van der Waals surface area contributed by atoms with E-state index in [0.29, 0.717) is 6.54 Å². The molecule has 0 saturated heterocycles. The summed E-state index contributed by atoms with van der Waals surface area (Å²) in [6.45, 7) is 4.60. The van der Waals surface area contributed by atoms with Crippen LogP contribution in [-0.2, 0) is 11.3 Å². The average Bonchev–Trinajstić information content (AvgIpc) is 2.99. The van der Waals surface area contributed by atoms with E-state index in [2.05, 4.69) is 15.3 Å². The molecule has 1 amide bonds. The minimum atomic E-state index is -0.251. The Kier molecular flexibility index (Phi) is 4.87. The number of amides is 1. The Balaban J connectivity index is 1.71. The lowest BCUT2D eigenvalue weighted by Crippen LogP contribution is -2.39. The van der Waals surface area contributed by atoms with Gasteiger partial charge in [0.05, 0.1) is 22.3 Å². The summed E-state index contributed by atoms with van der Waals surface area (Å²) in [5, 5.41) is 5.01. The van der Waals surface area contributed by atoms with Gasteiger partial charge in [-0.1, -0.05) is 6.07 Å². The summed E-state index contributed by atoms with van der Waals surface area (Å²) in [7, 11) is 1.95. The van der Waals surface area contributed by atoms with Gasteiger partial charge in [-0.3, -0.25) is 14.7 Å². The van der Waals surface area contributed by atoms with Gasteiger partial charge in [-0.15, -0.1) is 11.3 Å². The van der Waals surface area contributed by atoms with Crippen molar-refractivity contribution in [1.82, 2.24) is 14.9 Å². The maximum Gasteiger partial charge on any atom is 0.241 e. The summed E-state index contributed by atoms with van der Waals surface area (Å²) in [5.74, 6) is -0.0323. The summed E-state index contributed by atoms with van der Waals surface area (Å²) in [6.07, 6.45) is 3.62. The van der Waals surface area contributed by atoms with Crippen LogP contribution in [0.2, 0.25) is 0 Å². The van der Waals surface area contributed by atoms with Gasteiger partial charge in [0, 0.05) is 29.2 Å². The summed E-state index contributed by atoms with van der Waals surface area (Å²) >= 11 is 1.66. The molecule has 0 radical (unpaired) electrons.